The van der Waals surface area contributed by atoms with Crippen LogP contribution in [0.5, 0.6) is 0 Å². The number of nitrogen functional groups attached to an aromatic ring is 2. The van der Waals surface area contributed by atoms with Crippen LogP contribution in [0.1, 0.15) is 26.7 Å². The van der Waals surface area contributed by atoms with Crippen LogP contribution in [0, 0.1) is 0 Å². The lowest BCUT2D eigenvalue weighted by molar-refractivity contribution is 0.0792. The minimum Gasteiger partial charge on any atom is -0.389 e. The number of benzene rings is 2. The van der Waals surface area contributed by atoms with E-state index < -0.39 is 23.3 Å². The number of piperidine rings is 2. The first kappa shape index (κ1) is 38.7. The van der Waals surface area contributed by atoms with Crippen molar-refractivity contribution in [2.24, 2.45) is 11.5 Å². The highest BCUT2D eigenvalue weighted by molar-refractivity contribution is 7.99. The van der Waals surface area contributed by atoms with Crippen LogP contribution in [-0.4, -0.2) is 79.6 Å². The van der Waals surface area contributed by atoms with E-state index in [4.69, 9.17) is 69.3 Å². The number of rotatable bonds is 6. The van der Waals surface area contributed by atoms with Gasteiger partial charge in [-0.05, 0) is 51.0 Å². The summed E-state index contributed by atoms with van der Waals surface area (Å²) in [5.41, 5.74) is 23.1. The average molecular weight is 801 g/mol. The number of anilines is 4. The molecule has 2 aliphatic heterocycles. The third kappa shape index (κ3) is 9.10. The molecule has 4 heterocycles. The van der Waals surface area contributed by atoms with Gasteiger partial charge in [-0.2, -0.15) is 0 Å². The molecule has 0 bridgehead atoms. The van der Waals surface area contributed by atoms with Gasteiger partial charge in [0.1, 0.15) is 21.7 Å². The minimum absolute atomic E-state index is 0.300. The van der Waals surface area contributed by atoms with Crippen LogP contribution in [0.25, 0.3) is 0 Å². The molecule has 2 fully saturated rings. The molecule has 4 atom stereocenters. The molecule has 0 amide bonds. The Labute approximate surface area is 319 Å². The van der Waals surface area contributed by atoms with Crippen LogP contribution in [0.3, 0.4) is 0 Å². The standard InChI is InChI=1S/2C16H19Cl2N5OS/c2*1-16(20)5-6-23(8-11(16)24)12-7-21-15(14(19)22-12)25-10-4-2-3-9(17)13(10)18/h2*2-4,7,11,24H,5-6,8,20H2,1H3,(H2,19,22)/t2*11-,16-/m10/s1. The molecule has 10 N–H and O–H groups in total. The van der Waals surface area contributed by atoms with E-state index >= 15 is 0 Å². The normalized spacial score (nSPS) is 23.7. The lowest BCUT2D eigenvalue weighted by Gasteiger charge is -2.41. The molecule has 0 radical (unpaired) electrons. The first-order valence-corrected chi connectivity index (χ1v) is 18.6. The fourth-order valence-corrected chi connectivity index (χ4v) is 7.64. The highest BCUT2D eigenvalue weighted by Gasteiger charge is 2.36. The van der Waals surface area contributed by atoms with Crippen molar-refractivity contribution in [3.05, 3.63) is 68.9 Å². The van der Waals surface area contributed by atoms with E-state index in [1.165, 1.54) is 23.5 Å². The number of halogens is 4. The van der Waals surface area contributed by atoms with Gasteiger partial charge >= 0.3 is 0 Å². The second-order valence-electron chi connectivity index (χ2n) is 12.6. The Morgan fingerprint density at radius 2 is 1.08 bits per heavy atom. The lowest BCUT2D eigenvalue weighted by Crippen LogP contribution is -2.59. The first-order valence-electron chi connectivity index (χ1n) is 15.5. The van der Waals surface area contributed by atoms with E-state index in [1.807, 2.05) is 47.9 Å². The molecular formula is C32H38Cl4N10O2S2. The van der Waals surface area contributed by atoms with E-state index in [1.54, 1.807) is 24.5 Å². The Morgan fingerprint density at radius 1 is 0.700 bits per heavy atom. The van der Waals surface area contributed by atoms with Crippen molar-refractivity contribution >= 4 is 93.2 Å². The molecule has 4 aromatic rings. The molecule has 12 nitrogen and oxygen atoms in total. The third-order valence-corrected chi connectivity index (χ3v) is 12.5. The Hall–Kier alpha value is -2.50. The van der Waals surface area contributed by atoms with Gasteiger partial charge in [0, 0.05) is 47.0 Å². The number of hydrogen-bond donors (Lipinski definition) is 6. The van der Waals surface area contributed by atoms with Gasteiger partial charge in [-0.1, -0.05) is 82.1 Å². The van der Waals surface area contributed by atoms with Crippen molar-refractivity contribution in [1.82, 2.24) is 19.9 Å². The summed E-state index contributed by atoms with van der Waals surface area (Å²) >= 11 is 27.1. The second kappa shape index (κ2) is 16.0. The predicted molar refractivity (Wildman–Crippen MR) is 205 cm³/mol. The number of nitrogens with two attached hydrogens (primary N) is 4. The maximum absolute atomic E-state index is 10.2. The first-order chi connectivity index (χ1) is 23.6. The minimum atomic E-state index is -0.636. The Kier molecular flexibility index (Phi) is 12.4. The Balaban J connectivity index is 0.000000194. The number of aliphatic hydroxyl groups excluding tert-OH is 2. The zero-order valence-electron chi connectivity index (χ0n) is 27.2. The van der Waals surface area contributed by atoms with Crippen LogP contribution in [0.2, 0.25) is 20.1 Å². The molecule has 18 heteroatoms. The van der Waals surface area contributed by atoms with Crippen molar-refractivity contribution in [3.8, 4) is 0 Å². The molecule has 0 spiro atoms. The maximum atomic E-state index is 10.2. The topological polar surface area (TPSA) is 203 Å². The van der Waals surface area contributed by atoms with E-state index in [9.17, 15) is 10.2 Å². The SMILES string of the molecule is C[C@@]1(N)CCN(c2cnc(Sc3cccc(Cl)c3Cl)c(N)n2)C[C@H]1O.C[C@]1(N)CCN(c2cnc(Sc3cccc(Cl)c3Cl)c(N)n2)C[C@@H]1O. The smallest absolute Gasteiger partial charge is 0.158 e. The molecule has 0 aliphatic carbocycles. The highest BCUT2D eigenvalue weighted by Crippen LogP contribution is 2.40. The summed E-state index contributed by atoms with van der Waals surface area (Å²) in [5, 5.41) is 23.3. The lowest BCUT2D eigenvalue weighted by atomic mass is 9.88. The van der Waals surface area contributed by atoms with Gasteiger partial charge in [0.15, 0.2) is 11.6 Å². The highest BCUT2D eigenvalue weighted by atomic mass is 35.5. The number of nitrogens with zero attached hydrogens (tertiary/aromatic N) is 6. The molecule has 2 saturated heterocycles. The summed E-state index contributed by atoms with van der Waals surface area (Å²) in [6.45, 7) is 5.87. The molecule has 0 unspecified atom stereocenters. The number of aromatic nitrogens is 4. The number of aliphatic hydroxyl groups is 2. The van der Waals surface area contributed by atoms with Crippen LogP contribution >= 0.6 is 69.9 Å². The molecule has 6 rings (SSSR count). The monoisotopic (exact) mass is 798 g/mol. The van der Waals surface area contributed by atoms with Gasteiger partial charge in [-0.3, -0.25) is 0 Å². The Bertz CT molecular complexity index is 1710. The van der Waals surface area contributed by atoms with E-state index in [0.29, 0.717) is 92.4 Å². The largest absolute Gasteiger partial charge is 0.389 e. The summed E-state index contributed by atoms with van der Waals surface area (Å²) in [6, 6.07) is 10.8. The van der Waals surface area contributed by atoms with Gasteiger partial charge in [-0.25, -0.2) is 19.9 Å². The number of β-amino-alcohol motifs (C(OH)–C–C–N with tert-alkyl or cyclic N) is 2. The Morgan fingerprint density at radius 3 is 1.42 bits per heavy atom. The average Bonchev–Trinajstić information content (AvgIpc) is 3.06. The molecule has 268 valence electrons. The van der Waals surface area contributed by atoms with Gasteiger partial charge in [-0.15, -0.1) is 0 Å². The maximum Gasteiger partial charge on any atom is 0.158 e. The van der Waals surface area contributed by atoms with Gasteiger partial charge in [0.2, 0.25) is 0 Å². The molecule has 2 aromatic carbocycles. The van der Waals surface area contributed by atoms with E-state index in [0.717, 1.165) is 9.79 Å². The van der Waals surface area contributed by atoms with Crippen molar-refractivity contribution in [1.29, 1.82) is 0 Å². The molecule has 0 saturated carbocycles. The van der Waals surface area contributed by atoms with Crippen LogP contribution < -0.4 is 32.7 Å². The quantitative estimate of drug-likeness (QED) is 0.140. The summed E-state index contributed by atoms with van der Waals surface area (Å²) in [4.78, 5) is 23.0. The fraction of sp³-hybridized carbons (Fsp3) is 0.375. The zero-order chi connectivity index (χ0) is 36.4. The van der Waals surface area contributed by atoms with Gasteiger partial charge in [0.25, 0.3) is 0 Å². The van der Waals surface area contributed by atoms with E-state index in [-0.39, 0.29) is 0 Å². The third-order valence-electron chi connectivity index (χ3n) is 8.55. The summed E-state index contributed by atoms with van der Waals surface area (Å²) in [5.74, 6) is 1.84. The summed E-state index contributed by atoms with van der Waals surface area (Å²) < 4.78 is 0. The van der Waals surface area contributed by atoms with Crippen LogP contribution in [-0.2, 0) is 0 Å². The second-order valence-corrected chi connectivity index (χ2v) is 16.2. The van der Waals surface area contributed by atoms with Crippen molar-refractivity contribution in [3.63, 3.8) is 0 Å². The molecule has 2 aromatic heterocycles. The van der Waals surface area contributed by atoms with Crippen molar-refractivity contribution < 1.29 is 10.2 Å². The van der Waals surface area contributed by atoms with Gasteiger partial charge in [0.05, 0.1) is 44.7 Å². The summed E-state index contributed by atoms with van der Waals surface area (Å²) in [7, 11) is 0. The fourth-order valence-electron chi connectivity index (χ4n) is 5.08. The van der Waals surface area contributed by atoms with Crippen LogP contribution in [0.15, 0.2) is 68.6 Å². The van der Waals surface area contributed by atoms with Gasteiger partial charge < -0.3 is 42.9 Å². The number of hydrogen-bond acceptors (Lipinski definition) is 14. The predicted octanol–water partition coefficient (Wildman–Crippen LogP) is 5.61. The zero-order valence-corrected chi connectivity index (χ0v) is 31.9. The molecular weight excluding hydrogens is 762 g/mol. The van der Waals surface area contributed by atoms with E-state index in [2.05, 4.69) is 19.9 Å². The van der Waals surface area contributed by atoms with Crippen molar-refractivity contribution in [2.75, 3.05) is 47.4 Å². The molecule has 50 heavy (non-hydrogen) atoms. The van der Waals surface area contributed by atoms with Crippen LogP contribution in [0.4, 0.5) is 23.3 Å². The van der Waals surface area contributed by atoms with Crippen molar-refractivity contribution in [2.45, 2.75) is 69.8 Å². The summed E-state index contributed by atoms with van der Waals surface area (Å²) in [6.07, 6.45) is 3.33. The molecule has 2 aliphatic rings.